The normalized spacial score (nSPS) is 12.7. The summed E-state index contributed by atoms with van der Waals surface area (Å²) in [4.78, 5) is 17.3. The number of nitrogens with zero attached hydrogens (tertiary/aromatic N) is 3. The van der Waals surface area contributed by atoms with Gasteiger partial charge in [-0.1, -0.05) is 11.3 Å². The van der Waals surface area contributed by atoms with Gasteiger partial charge in [-0.3, -0.25) is 4.79 Å². The minimum Gasteiger partial charge on any atom is -0.383 e. The van der Waals surface area contributed by atoms with E-state index in [9.17, 15) is 17.6 Å². The zero-order valence-corrected chi connectivity index (χ0v) is 19.6. The van der Waals surface area contributed by atoms with Gasteiger partial charge in [0.15, 0.2) is 4.80 Å². The van der Waals surface area contributed by atoms with E-state index in [1.54, 1.807) is 17.7 Å². The summed E-state index contributed by atoms with van der Waals surface area (Å²) in [6, 6.07) is 9.98. The minimum absolute atomic E-state index is 0.0594. The number of hydrogen-bond donors (Lipinski definition) is 0. The van der Waals surface area contributed by atoms with E-state index in [1.165, 1.54) is 66.3 Å². The van der Waals surface area contributed by atoms with Crippen molar-refractivity contribution in [3.63, 3.8) is 0 Å². The van der Waals surface area contributed by atoms with Gasteiger partial charge in [0, 0.05) is 39.9 Å². The van der Waals surface area contributed by atoms with Crippen molar-refractivity contribution in [1.29, 1.82) is 0 Å². The molecule has 0 fully saturated rings. The lowest BCUT2D eigenvalue weighted by atomic mass is 10.2. The SMILES string of the molecule is COCCN(CCOC)S(=O)(=O)c1ccc(C(=O)N=c2sc3cc(F)ccc3n2C)cc1. The summed E-state index contributed by atoms with van der Waals surface area (Å²) in [5.41, 5.74) is 1.00. The van der Waals surface area contributed by atoms with Gasteiger partial charge in [0.25, 0.3) is 5.91 Å². The molecule has 3 rings (SSSR count). The van der Waals surface area contributed by atoms with Crippen LogP contribution in [0.1, 0.15) is 10.4 Å². The summed E-state index contributed by atoms with van der Waals surface area (Å²) in [5.74, 6) is -0.883. The van der Waals surface area contributed by atoms with Gasteiger partial charge in [-0.2, -0.15) is 9.30 Å². The van der Waals surface area contributed by atoms with Crippen molar-refractivity contribution in [3.8, 4) is 0 Å². The highest BCUT2D eigenvalue weighted by atomic mass is 32.2. The maximum Gasteiger partial charge on any atom is 0.279 e. The third-order valence-electron chi connectivity index (χ3n) is 4.80. The summed E-state index contributed by atoms with van der Waals surface area (Å²) in [5, 5.41) is 0. The van der Waals surface area contributed by atoms with Crippen LogP contribution in [-0.2, 0) is 26.5 Å². The number of amides is 1. The minimum atomic E-state index is -3.78. The molecule has 2 aromatic carbocycles. The number of methoxy groups -OCH3 is 2. The fourth-order valence-electron chi connectivity index (χ4n) is 3.02. The first kappa shape index (κ1) is 24.2. The average molecular weight is 482 g/mol. The highest BCUT2D eigenvalue weighted by molar-refractivity contribution is 7.89. The van der Waals surface area contributed by atoms with Crippen LogP contribution in [0.4, 0.5) is 4.39 Å². The molecular formula is C21H24FN3O5S2. The number of hydrogen-bond acceptors (Lipinski definition) is 6. The molecule has 172 valence electrons. The Balaban J connectivity index is 1.86. The van der Waals surface area contributed by atoms with Gasteiger partial charge in [0.2, 0.25) is 10.0 Å². The molecule has 8 nitrogen and oxygen atoms in total. The average Bonchev–Trinajstić information content (AvgIpc) is 3.07. The summed E-state index contributed by atoms with van der Waals surface area (Å²) in [6.45, 7) is 0.853. The van der Waals surface area contributed by atoms with Crippen LogP contribution >= 0.6 is 11.3 Å². The fourth-order valence-corrected chi connectivity index (χ4v) is 5.47. The van der Waals surface area contributed by atoms with Crippen molar-refractivity contribution in [2.24, 2.45) is 12.0 Å². The number of benzene rings is 2. The third-order valence-corrected chi connectivity index (χ3v) is 7.80. The van der Waals surface area contributed by atoms with Crippen molar-refractivity contribution in [2.75, 3.05) is 40.5 Å². The highest BCUT2D eigenvalue weighted by Gasteiger charge is 2.24. The van der Waals surface area contributed by atoms with Gasteiger partial charge in [0.05, 0.1) is 28.3 Å². The van der Waals surface area contributed by atoms with E-state index < -0.39 is 15.9 Å². The van der Waals surface area contributed by atoms with E-state index in [0.29, 0.717) is 9.50 Å². The molecule has 0 saturated heterocycles. The summed E-state index contributed by atoms with van der Waals surface area (Å²) >= 11 is 1.20. The maximum absolute atomic E-state index is 13.5. The Hall–Kier alpha value is -2.44. The highest BCUT2D eigenvalue weighted by Crippen LogP contribution is 2.19. The van der Waals surface area contributed by atoms with Crippen LogP contribution in [0.15, 0.2) is 52.4 Å². The lowest BCUT2D eigenvalue weighted by Gasteiger charge is -2.21. The van der Waals surface area contributed by atoms with Gasteiger partial charge in [-0.25, -0.2) is 12.8 Å². The number of halogens is 1. The summed E-state index contributed by atoms with van der Waals surface area (Å²) in [7, 11) is 0.958. The second-order valence-corrected chi connectivity index (χ2v) is 9.83. The Bertz CT molecular complexity index is 1260. The molecule has 0 aliphatic heterocycles. The Morgan fingerprint density at radius 1 is 1.09 bits per heavy atom. The van der Waals surface area contributed by atoms with Crippen molar-refractivity contribution >= 4 is 37.5 Å². The Kier molecular flexibility index (Phi) is 7.91. The first-order valence-corrected chi connectivity index (χ1v) is 12.0. The lowest BCUT2D eigenvalue weighted by molar-refractivity contribution is 0.0998. The predicted octanol–water partition coefficient (Wildman–Crippen LogP) is 2.40. The Morgan fingerprint density at radius 2 is 1.72 bits per heavy atom. The zero-order chi connectivity index (χ0) is 23.3. The van der Waals surface area contributed by atoms with Crippen LogP contribution in [0.5, 0.6) is 0 Å². The van der Waals surface area contributed by atoms with Crippen molar-refractivity contribution in [2.45, 2.75) is 4.90 Å². The molecule has 0 aliphatic carbocycles. The number of carbonyl (C=O) groups excluding carboxylic acids is 1. The predicted molar refractivity (Wildman–Crippen MR) is 120 cm³/mol. The molecule has 32 heavy (non-hydrogen) atoms. The molecule has 3 aromatic rings. The zero-order valence-electron chi connectivity index (χ0n) is 17.9. The van der Waals surface area contributed by atoms with Crippen LogP contribution in [0.25, 0.3) is 10.2 Å². The molecule has 0 atom stereocenters. The van der Waals surface area contributed by atoms with Gasteiger partial charge in [-0.05, 0) is 42.5 Å². The second-order valence-electron chi connectivity index (χ2n) is 6.89. The van der Waals surface area contributed by atoms with E-state index in [1.807, 2.05) is 0 Å². The molecule has 0 bridgehead atoms. The number of sulfonamides is 1. The van der Waals surface area contributed by atoms with Crippen molar-refractivity contribution < 1.29 is 27.1 Å². The number of ether oxygens (including phenoxy) is 2. The lowest BCUT2D eigenvalue weighted by Crippen LogP contribution is -2.36. The number of aromatic nitrogens is 1. The largest absolute Gasteiger partial charge is 0.383 e. The smallest absolute Gasteiger partial charge is 0.279 e. The van der Waals surface area contributed by atoms with E-state index >= 15 is 0 Å². The maximum atomic E-state index is 13.5. The van der Waals surface area contributed by atoms with E-state index in [4.69, 9.17) is 9.47 Å². The summed E-state index contributed by atoms with van der Waals surface area (Å²) in [6.07, 6.45) is 0. The van der Waals surface area contributed by atoms with Crippen LogP contribution in [-0.4, -0.2) is 63.7 Å². The molecular weight excluding hydrogens is 457 g/mol. The molecule has 0 aliphatic rings. The second kappa shape index (κ2) is 10.5. The van der Waals surface area contributed by atoms with E-state index in [-0.39, 0.29) is 42.6 Å². The van der Waals surface area contributed by atoms with E-state index in [0.717, 1.165) is 5.52 Å². The molecule has 0 spiro atoms. The molecule has 0 N–H and O–H groups in total. The topological polar surface area (TPSA) is 90.2 Å². The van der Waals surface area contributed by atoms with E-state index in [2.05, 4.69) is 4.99 Å². The molecule has 11 heteroatoms. The van der Waals surface area contributed by atoms with Crippen molar-refractivity contribution in [3.05, 3.63) is 58.6 Å². The first-order chi connectivity index (χ1) is 15.3. The number of rotatable bonds is 9. The van der Waals surface area contributed by atoms with Gasteiger partial charge >= 0.3 is 0 Å². The van der Waals surface area contributed by atoms with Crippen LogP contribution < -0.4 is 4.80 Å². The van der Waals surface area contributed by atoms with Gasteiger partial charge < -0.3 is 14.0 Å². The Labute approximate surface area is 189 Å². The third kappa shape index (κ3) is 5.30. The molecule has 1 aromatic heterocycles. The Morgan fingerprint density at radius 3 is 2.31 bits per heavy atom. The number of carbonyl (C=O) groups is 1. The van der Waals surface area contributed by atoms with Crippen LogP contribution in [0.2, 0.25) is 0 Å². The van der Waals surface area contributed by atoms with Gasteiger partial charge in [0.1, 0.15) is 5.82 Å². The molecule has 1 amide bonds. The standard InChI is InChI=1S/C21H24FN3O5S2/c1-24-18-9-6-16(22)14-19(18)31-21(24)23-20(26)15-4-7-17(8-5-15)32(27,28)25(10-12-29-2)11-13-30-3/h4-9,14H,10-13H2,1-3H3. The van der Waals surface area contributed by atoms with Crippen molar-refractivity contribution in [1.82, 2.24) is 8.87 Å². The fraction of sp³-hybridized carbons (Fsp3) is 0.333. The number of fused-ring (bicyclic) bond motifs is 1. The quantitative estimate of drug-likeness (QED) is 0.468. The van der Waals surface area contributed by atoms with Crippen LogP contribution in [0.3, 0.4) is 0 Å². The number of aryl methyl sites for hydroxylation is 1. The summed E-state index contributed by atoms with van der Waals surface area (Å²) < 4.78 is 53.1. The monoisotopic (exact) mass is 481 g/mol. The first-order valence-electron chi connectivity index (χ1n) is 9.70. The van der Waals surface area contributed by atoms with Crippen LogP contribution in [0, 0.1) is 5.82 Å². The number of thiazole rings is 1. The molecule has 0 unspecified atom stereocenters. The molecule has 0 saturated carbocycles. The molecule has 0 radical (unpaired) electrons. The van der Waals surface area contributed by atoms with Gasteiger partial charge in [-0.15, -0.1) is 0 Å². The molecule has 1 heterocycles.